The fourth-order valence-corrected chi connectivity index (χ4v) is 4.18. The molecule has 7 heteroatoms. The number of sulfone groups is 1. The number of benzene rings is 1. The van der Waals surface area contributed by atoms with Crippen LogP contribution in [0.5, 0.6) is 0 Å². The number of aliphatic imine (C=N–C) groups is 1. The molecule has 22 heavy (non-hydrogen) atoms. The Hall–Kier alpha value is -2.15. The average Bonchev–Trinajstić information content (AvgIpc) is 2.98. The Kier molecular flexibility index (Phi) is 3.74. The van der Waals surface area contributed by atoms with Gasteiger partial charge in [-0.2, -0.15) is 0 Å². The molecular formula is C15H17N3O3S. The molecular weight excluding hydrogens is 302 g/mol. The molecule has 0 bridgehead atoms. The van der Waals surface area contributed by atoms with E-state index < -0.39 is 9.84 Å². The minimum Gasteiger partial charge on any atom is -0.295 e. The van der Waals surface area contributed by atoms with Crippen molar-refractivity contribution in [1.82, 2.24) is 9.78 Å². The highest BCUT2D eigenvalue weighted by Crippen LogP contribution is 2.14. The van der Waals surface area contributed by atoms with E-state index in [1.54, 1.807) is 6.92 Å². The number of H-pyrrole nitrogens is 1. The molecule has 0 spiro atoms. The number of aromatic nitrogens is 2. The molecule has 1 fully saturated rings. The first kappa shape index (κ1) is 14.8. The van der Waals surface area contributed by atoms with E-state index in [9.17, 15) is 13.2 Å². The fourth-order valence-electron chi connectivity index (χ4n) is 2.54. The summed E-state index contributed by atoms with van der Waals surface area (Å²) in [6.07, 6.45) is 2.02. The lowest BCUT2D eigenvalue weighted by molar-refractivity contribution is 0.601. The normalized spacial score (nSPS) is 20.7. The standard InChI is InChI=1S/C15H17N3O3S/c1-11-14(9-16-12-7-8-22(20,21)10-12)15(19)18(17-11)13-5-3-2-4-6-13/h2-6,9,12,17H,7-8,10H2,1H3. The van der Waals surface area contributed by atoms with Gasteiger partial charge in [-0.05, 0) is 25.5 Å². The summed E-state index contributed by atoms with van der Waals surface area (Å²) in [4.78, 5) is 16.7. The second-order valence-electron chi connectivity index (χ2n) is 5.46. The largest absolute Gasteiger partial charge is 0.295 e. The van der Waals surface area contributed by atoms with Gasteiger partial charge in [0.25, 0.3) is 5.56 Å². The van der Waals surface area contributed by atoms with Crippen LogP contribution in [0.15, 0.2) is 40.1 Å². The molecule has 1 N–H and O–H groups in total. The Bertz CT molecular complexity index is 863. The maximum atomic E-state index is 12.4. The van der Waals surface area contributed by atoms with Gasteiger partial charge in [-0.3, -0.25) is 14.9 Å². The molecule has 0 amide bonds. The Labute approximate surface area is 128 Å². The number of aryl methyl sites for hydroxylation is 1. The van der Waals surface area contributed by atoms with E-state index >= 15 is 0 Å². The fraction of sp³-hybridized carbons (Fsp3) is 0.333. The van der Waals surface area contributed by atoms with Crippen molar-refractivity contribution in [2.24, 2.45) is 4.99 Å². The minimum absolute atomic E-state index is 0.0693. The predicted octanol–water partition coefficient (Wildman–Crippen LogP) is 1.08. The highest BCUT2D eigenvalue weighted by Gasteiger charge is 2.27. The molecule has 1 unspecified atom stereocenters. The number of aromatic amines is 1. The third-order valence-corrected chi connectivity index (χ3v) is 5.50. The summed E-state index contributed by atoms with van der Waals surface area (Å²) in [5.41, 5.74) is 1.73. The van der Waals surface area contributed by atoms with Crippen LogP contribution < -0.4 is 5.56 Å². The molecule has 116 valence electrons. The Morgan fingerprint density at radius 2 is 2.05 bits per heavy atom. The van der Waals surface area contributed by atoms with Crippen LogP contribution in [0.4, 0.5) is 0 Å². The van der Waals surface area contributed by atoms with Crippen LogP contribution in [0.1, 0.15) is 17.7 Å². The molecule has 3 rings (SSSR count). The molecule has 1 atom stereocenters. The van der Waals surface area contributed by atoms with Crippen LogP contribution in [0, 0.1) is 6.92 Å². The first-order valence-electron chi connectivity index (χ1n) is 7.07. The second-order valence-corrected chi connectivity index (χ2v) is 7.69. The van der Waals surface area contributed by atoms with Crippen LogP contribution in [0.3, 0.4) is 0 Å². The molecule has 0 aliphatic carbocycles. The number of nitrogens with one attached hydrogen (secondary N) is 1. The van der Waals surface area contributed by atoms with Crippen molar-refractivity contribution in [3.8, 4) is 5.69 Å². The molecule has 0 saturated carbocycles. The molecule has 2 aromatic rings. The zero-order chi connectivity index (χ0) is 15.7. The van der Waals surface area contributed by atoms with Gasteiger partial charge in [-0.25, -0.2) is 13.1 Å². The number of rotatable bonds is 3. The molecule has 0 radical (unpaired) electrons. The maximum absolute atomic E-state index is 12.4. The first-order valence-corrected chi connectivity index (χ1v) is 8.89. The van der Waals surface area contributed by atoms with Crippen molar-refractivity contribution in [2.45, 2.75) is 19.4 Å². The van der Waals surface area contributed by atoms with E-state index in [1.807, 2.05) is 30.3 Å². The Balaban J connectivity index is 1.90. The lowest BCUT2D eigenvalue weighted by atomic mass is 10.2. The summed E-state index contributed by atoms with van der Waals surface area (Å²) in [6.45, 7) is 1.80. The van der Waals surface area contributed by atoms with E-state index in [0.29, 0.717) is 17.7 Å². The van der Waals surface area contributed by atoms with E-state index in [-0.39, 0.29) is 23.1 Å². The summed E-state index contributed by atoms with van der Waals surface area (Å²) in [5, 5.41) is 3.02. The molecule has 1 aliphatic rings. The number of hydrogen-bond acceptors (Lipinski definition) is 4. The molecule has 1 aliphatic heterocycles. The van der Waals surface area contributed by atoms with Crippen LogP contribution >= 0.6 is 0 Å². The molecule has 1 saturated heterocycles. The smallest absolute Gasteiger partial charge is 0.280 e. The Morgan fingerprint density at radius 1 is 1.32 bits per heavy atom. The molecule has 6 nitrogen and oxygen atoms in total. The van der Waals surface area contributed by atoms with Gasteiger partial charge in [-0.15, -0.1) is 0 Å². The SMILES string of the molecule is Cc1[nH]n(-c2ccccc2)c(=O)c1C=NC1CCS(=O)(=O)C1. The quantitative estimate of drug-likeness (QED) is 0.859. The van der Waals surface area contributed by atoms with Crippen molar-refractivity contribution in [1.29, 1.82) is 0 Å². The van der Waals surface area contributed by atoms with Crippen LogP contribution in [0.2, 0.25) is 0 Å². The van der Waals surface area contributed by atoms with Crippen molar-refractivity contribution < 1.29 is 8.42 Å². The minimum atomic E-state index is -2.96. The molecule has 1 aromatic carbocycles. The first-order chi connectivity index (χ1) is 10.5. The van der Waals surface area contributed by atoms with Gasteiger partial charge >= 0.3 is 0 Å². The van der Waals surface area contributed by atoms with Gasteiger partial charge < -0.3 is 0 Å². The van der Waals surface area contributed by atoms with Gasteiger partial charge in [-0.1, -0.05) is 18.2 Å². The topological polar surface area (TPSA) is 84.3 Å². The monoisotopic (exact) mass is 319 g/mol. The predicted molar refractivity (Wildman–Crippen MR) is 85.8 cm³/mol. The lowest BCUT2D eigenvalue weighted by Gasteiger charge is -1.99. The average molecular weight is 319 g/mol. The van der Waals surface area contributed by atoms with E-state index in [4.69, 9.17) is 0 Å². The van der Waals surface area contributed by atoms with Crippen LogP contribution in [0.25, 0.3) is 5.69 Å². The lowest BCUT2D eigenvalue weighted by Crippen LogP contribution is -2.17. The summed E-state index contributed by atoms with van der Waals surface area (Å²) in [5.74, 6) is 0.245. The van der Waals surface area contributed by atoms with Gasteiger partial charge in [0.15, 0.2) is 9.84 Å². The van der Waals surface area contributed by atoms with Gasteiger partial charge in [0.2, 0.25) is 0 Å². The van der Waals surface area contributed by atoms with E-state index in [2.05, 4.69) is 10.1 Å². The highest BCUT2D eigenvalue weighted by molar-refractivity contribution is 7.91. The van der Waals surface area contributed by atoms with Crippen LogP contribution in [-0.4, -0.2) is 42.0 Å². The summed E-state index contributed by atoms with van der Waals surface area (Å²) in [7, 11) is -2.96. The zero-order valence-corrected chi connectivity index (χ0v) is 13.0. The van der Waals surface area contributed by atoms with Gasteiger partial charge in [0.1, 0.15) is 0 Å². The van der Waals surface area contributed by atoms with Crippen molar-refractivity contribution >= 4 is 16.1 Å². The van der Waals surface area contributed by atoms with Crippen molar-refractivity contribution in [2.75, 3.05) is 11.5 Å². The maximum Gasteiger partial charge on any atom is 0.280 e. The summed E-state index contributed by atoms with van der Waals surface area (Å²) in [6, 6.07) is 9.02. The van der Waals surface area contributed by atoms with E-state index in [1.165, 1.54) is 10.9 Å². The van der Waals surface area contributed by atoms with Gasteiger partial charge in [0, 0.05) is 11.9 Å². The molecule has 1 aromatic heterocycles. The Morgan fingerprint density at radius 3 is 2.68 bits per heavy atom. The van der Waals surface area contributed by atoms with Gasteiger partial charge in [0.05, 0.1) is 28.8 Å². The van der Waals surface area contributed by atoms with Crippen molar-refractivity contribution in [3.63, 3.8) is 0 Å². The van der Waals surface area contributed by atoms with E-state index in [0.717, 1.165) is 5.69 Å². The third kappa shape index (κ3) is 2.89. The number of nitrogens with zero attached hydrogens (tertiary/aromatic N) is 2. The highest BCUT2D eigenvalue weighted by atomic mass is 32.2. The van der Waals surface area contributed by atoms with Crippen LogP contribution in [-0.2, 0) is 9.84 Å². The number of hydrogen-bond donors (Lipinski definition) is 1. The summed E-state index contributed by atoms with van der Waals surface area (Å²) < 4.78 is 24.3. The molecule has 2 heterocycles. The number of para-hydroxylation sites is 1. The third-order valence-electron chi connectivity index (χ3n) is 3.75. The second kappa shape index (κ2) is 5.57. The summed E-state index contributed by atoms with van der Waals surface area (Å²) >= 11 is 0. The van der Waals surface area contributed by atoms with Crippen molar-refractivity contribution in [3.05, 3.63) is 51.9 Å². The zero-order valence-electron chi connectivity index (χ0n) is 12.2.